The Morgan fingerprint density at radius 2 is 2.17 bits per heavy atom. The summed E-state index contributed by atoms with van der Waals surface area (Å²) in [5.74, 6) is 1.38. The highest BCUT2D eigenvalue weighted by Crippen LogP contribution is 2.36. The van der Waals surface area contributed by atoms with Crippen molar-refractivity contribution in [2.45, 2.75) is 19.9 Å². The third kappa shape index (κ3) is 3.27. The molecule has 3 rings (SSSR count). The van der Waals surface area contributed by atoms with Crippen molar-refractivity contribution in [3.63, 3.8) is 0 Å². The highest BCUT2D eigenvalue weighted by Gasteiger charge is 2.32. The number of thioether (sulfide) groups is 1. The molecule has 0 atom stereocenters. The molecular formula is C17H18N2O3S. The number of benzene rings is 1. The van der Waals surface area contributed by atoms with E-state index < -0.39 is 0 Å². The molecule has 0 bridgehead atoms. The zero-order chi connectivity index (χ0) is 16.4. The highest BCUT2D eigenvalue weighted by atomic mass is 32.2. The fraction of sp³-hybridized carbons (Fsp3) is 0.294. The van der Waals surface area contributed by atoms with E-state index >= 15 is 0 Å². The molecule has 0 aliphatic carbocycles. The predicted molar refractivity (Wildman–Crippen MR) is 92.6 cm³/mol. The molecule has 1 fully saturated rings. The van der Waals surface area contributed by atoms with Gasteiger partial charge in [-0.2, -0.15) is 0 Å². The summed E-state index contributed by atoms with van der Waals surface area (Å²) in [7, 11) is 0. The molecule has 1 amide bonds. The number of hydrogen-bond acceptors (Lipinski definition) is 5. The summed E-state index contributed by atoms with van der Waals surface area (Å²) in [6.45, 7) is 8.38. The predicted octanol–water partition coefficient (Wildman–Crippen LogP) is 3.28. The fourth-order valence-corrected chi connectivity index (χ4v) is 3.39. The maximum atomic E-state index is 12.6. The Bertz CT molecular complexity index is 710. The monoisotopic (exact) mass is 330 g/mol. The second kappa shape index (κ2) is 6.50. The third-order valence-corrected chi connectivity index (χ3v) is 4.28. The summed E-state index contributed by atoms with van der Waals surface area (Å²) in [5, 5.41) is 0.719. The van der Waals surface area contributed by atoms with E-state index in [0.29, 0.717) is 17.2 Å². The Morgan fingerprint density at radius 1 is 1.39 bits per heavy atom. The van der Waals surface area contributed by atoms with E-state index in [9.17, 15) is 4.79 Å². The topological polar surface area (TPSA) is 51.1 Å². The second-order valence-electron chi connectivity index (χ2n) is 5.43. The van der Waals surface area contributed by atoms with Gasteiger partial charge in [0.15, 0.2) is 16.7 Å². The molecule has 120 valence electrons. The fourth-order valence-electron chi connectivity index (χ4n) is 2.27. The zero-order valence-electron chi connectivity index (χ0n) is 13.1. The molecule has 2 heterocycles. The van der Waals surface area contributed by atoms with Gasteiger partial charge in [-0.15, -0.1) is 6.58 Å². The van der Waals surface area contributed by atoms with Gasteiger partial charge in [-0.25, -0.2) is 0 Å². The molecule has 6 heteroatoms. The number of aliphatic imine (C=N–C) groups is 1. The molecule has 0 saturated carbocycles. The van der Waals surface area contributed by atoms with Gasteiger partial charge >= 0.3 is 0 Å². The van der Waals surface area contributed by atoms with Crippen LogP contribution in [0.15, 0.2) is 40.8 Å². The zero-order valence-corrected chi connectivity index (χ0v) is 13.9. The number of carbonyl (C=O) groups excluding carboxylic acids is 1. The van der Waals surface area contributed by atoms with Gasteiger partial charge in [0, 0.05) is 12.6 Å². The van der Waals surface area contributed by atoms with Gasteiger partial charge in [0.1, 0.15) is 0 Å². The van der Waals surface area contributed by atoms with Gasteiger partial charge < -0.3 is 9.47 Å². The largest absolute Gasteiger partial charge is 0.454 e. The third-order valence-electron chi connectivity index (χ3n) is 3.26. The number of carbonyl (C=O) groups is 1. The summed E-state index contributed by atoms with van der Waals surface area (Å²) in [4.78, 5) is 19.4. The van der Waals surface area contributed by atoms with Crippen LogP contribution in [-0.2, 0) is 4.79 Å². The van der Waals surface area contributed by atoms with Crippen molar-refractivity contribution in [1.82, 2.24) is 4.90 Å². The van der Waals surface area contributed by atoms with E-state index in [4.69, 9.17) is 9.47 Å². The molecule has 0 N–H and O–H groups in total. The maximum absolute atomic E-state index is 12.6. The first-order valence-corrected chi connectivity index (χ1v) is 8.20. The lowest BCUT2D eigenvalue weighted by molar-refractivity contribution is -0.121. The molecule has 1 aromatic carbocycles. The Balaban J connectivity index is 1.90. The van der Waals surface area contributed by atoms with Crippen molar-refractivity contribution in [2.75, 3.05) is 13.3 Å². The molecule has 1 aromatic rings. The lowest BCUT2D eigenvalue weighted by atomic mass is 10.2. The number of amides is 1. The molecule has 0 radical (unpaired) electrons. The van der Waals surface area contributed by atoms with E-state index in [1.54, 1.807) is 11.0 Å². The number of fused-ring (bicyclic) bond motifs is 1. The van der Waals surface area contributed by atoms with Crippen LogP contribution >= 0.6 is 11.8 Å². The lowest BCUT2D eigenvalue weighted by Gasteiger charge is -2.13. The number of hydrogen-bond donors (Lipinski definition) is 0. The van der Waals surface area contributed by atoms with E-state index in [1.807, 2.05) is 38.1 Å². The van der Waals surface area contributed by atoms with Crippen LogP contribution < -0.4 is 9.47 Å². The summed E-state index contributed by atoms with van der Waals surface area (Å²) in [6.07, 6.45) is 3.56. The molecule has 0 aromatic heterocycles. The van der Waals surface area contributed by atoms with Crippen LogP contribution in [0, 0.1) is 0 Å². The quantitative estimate of drug-likeness (QED) is 0.628. The van der Waals surface area contributed by atoms with E-state index in [1.165, 1.54) is 11.8 Å². The van der Waals surface area contributed by atoms with Crippen molar-refractivity contribution in [2.24, 2.45) is 4.99 Å². The van der Waals surface area contributed by atoms with Crippen molar-refractivity contribution in [3.05, 3.63) is 41.3 Å². The molecular weight excluding hydrogens is 312 g/mol. The number of nitrogens with zero attached hydrogens (tertiary/aromatic N) is 2. The normalized spacial score (nSPS) is 20.1. The average Bonchev–Trinajstić information content (AvgIpc) is 3.07. The molecule has 23 heavy (non-hydrogen) atoms. The minimum atomic E-state index is -0.0491. The van der Waals surface area contributed by atoms with Crippen molar-refractivity contribution in [1.29, 1.82) is 0 Å². The summed E-state index contributed by atoms with van der Waals surface area (Å²) < 4.78 is 10.7. The van der Waals surface area contributed by atoms with Gasteiger partial charge in [0.2, 0.25) is 6.79 Å². The Hall–Kier alpha value is -2.21. The second-order valence-corrected chi connectivity index (χ2v) is 6.44. The smallest absolute Gasteiger partial charge is 0.267 e. The first kappa shape index (κ1) is 15.7. The number of rotatable bonds is 4. The van der Waals surface area contributed by atoms with Gasteiger partial charge in [-0.05, 0) is 49.4 Å². The van der Waals surface area contributed by atoms with Crippen molar-refractivity contribution >= 4 is 28.9 Å². The number of amidine groups is 1. The molecule has 0 spiro atoms. The van der Waals surface area contributed by atoms with Crippen molar-refractivity contribution < 1.29 is 14.3 Å². The highest BCUT2D eigenvalue weighted by molar-refractivity contribution is 8.18. The SMILES string of the molecule is C=CCN1C(=O)/C(=C/c2ccc3c(c2)OCO3)S/C1=N\C(C)C. The maximum Gasteiger partial charge on any atom is 0.267 e. The van der Waals surface area contributed by atoms with Crippen LogP contribution in [0.4, 0.5) is 0 Å². The Kier molecular flexibility index (Phi) is 4.43. The molecule has 2 aliphatic heterocycles. The van der Waals surface area contributed by atoms with Crippen LogP contribution in [0.1, 0.15) is 19.4 Å². The summed E-state index contributed by atoms with van der Waals surface area (Å²) in [5.41, 5.74) is 0.898. The van der Waals surface area contributed by atoms with Gasteiger partial charge in [0.25, 0.3) is 5.91 Å². The standard InChI is InChI=1S/C17H18N2O3S/c1-4-7-19-16(20)15(23-17(19)18-11(2)3)9-12-5-6-13-14(8-12)22-10-21-13/h4-6,8-9,11H,1,7,10H2,2-3H3/b15-9-,18-17-. The van der Waals surface area contributed by atoms with E-state index in [0.717, 1.165) is 16.5 Å². The average molecular weight is 330 g/mol. The first-order valence-electron chi connectivity index (χ1n) is 7.38. The number of ether oxygens (including phenoxy) is 2. The van der Waals surface area contributed by atoms with Crippen LogP contribution in [0.2, 0.25) is 0 Å². The van der Waals surface area contributed by atoms with Crippen molar-refractivity contribution in [3.8, 4) is 11.5 Å². The van der Waals surface area contributed by atoms with Gasteiger partial charge in [-0.1, -0.05) is 12.1 Å². The lowest BCUT2D eigenvalue weighted by Crippen LogP contribution is -2.29. The molecule has 1 saturated heterocycles. The minimum absolute atomic E-state index is 0.0491. The Morgan fingerprint density at radius 3 is 2.91 bits per heavy atom. The minimum Gasteiger partial charge on any atom is -0.454 e. The summed E-state index contributed by atoms with van der Waals surface area (Å²) in [6, 6.07) is 5.76. The summed E-state index contributed by atoms with van der Waals surface area (Å²) >= 11 is 1.39. The van der Waals surface area contributed by atoms with E-state index in [-0.39, 0.29) is 18.7 Å². The van der Waals surface area contributed by atoms with Crippen LogP contribution in [0.25, 0.3) is 6.08 Å². The van der Waals surface area contributed by atoms with Crippen LogP contribution in [0.5, 0.6) is 11.5 Å². The van der Waals surface area contributed by atoms with Gasteiger partial charge in [0.05, 0.1) is 4.91 Å². The van der Waals surface area contributed by atoms with E-state index in [2.05, 4.69) is 11.6 Å². The molecule has 0 unspecified atom stereocenters. The first-order chi connectivity index (χ1) is 11.1. The molecule has 2 aliphatic rings. The Labute approximate surface area is 139 Å². The molecule has 5 nitrogen and oxygen atoms in total. The van der Waals surface area contributed by atoms with Crippen LogP contribution in [-0.4, -0.2) is 35.4 Å². The van der Waals surface area contributed by atoms with Crippen LogP contribution in [0.3, 0.4) is 0 Å². The van der Waals surface area contributed by atoms with Gasteiger partial charge in [-0.3, -0.25) is 14.7 Å².